The Morgan fingerprint density at radius 2 is 1.81 bits per heavy atom. The number of hydrogen-bond acceptors (Lipinski definition) is 6. The van der Waals surface area contributed by atoms with Crippen LogP contribution in [-0.2, 0) is 16.1 Å². The largest absolute Gasteiger partial charge is 0.488 e. The number of carbonyl (C=O) groups is 1. The van der Waals surface area contributed by atoms with Gasteiger partial charge in [-0.3, -0.25) is 9.36 Å². The highest BCUT2D eigenvalue weighted by Crippen LogP contribution is 2.38. The fraction of sp³-hybridized carbons (Fsp3) is 0.167. The molecule has 0 saturated heterocycles. The number of halogens is 6. The maximum Gasteiger partial charge on any atom is 0.434 e. The van der Waals surface area contributed by atoms with E-state index in [9.17, 15) is 27.2 Å². The molecule has 1 atom stereocenters. The van der Waals surface area contributed by atoms with E-state index in [2.05, 4.69) is 20.9 Å². The Kier molecular flexibility index (Phi) is 8.91. The molecule has 43 heavy (non-hydrogen) atoms. The number of allylic oxidation sites excluding steroid dienone is 1. The Balaban J connectivity index is 1.68. The van der Waals surface area contributed by atoms with Crippen molar-refractivity contribution in [2.75, 3.05) is 6.61 Å². The van der Waals surface area contributed by atoms with E-state index < -0.39 is 35.0 Å². The minimum absolute atomic E-state index is 0.0501. The maximum absolute atomic E-state index is 14.3. The number of aromatic nitrogens is 1. The van der Waals surface area contributed by atoms with Gasteiger partial charge in [-0.05, 0) is 66.6 Å². The fourth-order valence-corrected chi connectivity index (χ4v) is 5.94. The summed E-state index contributed by atoms with van der Waals surface area (Å²) < 4.78 is 69.0. The van der Waals surface area contributed by atoms with Crippen molar-refractivity contribution in [2.45, 2.75) is 25.7 Å². The quantitative estimate of drug-likeness (QED) is 0.164. The Labute approximate surface area is 259 Å². The van der Waals surface area contributed by atoms with Crippen LogP contribution in [-0.4, -0.2) is 23.3 Å². The van der Waals surface area contributed by atoms with Crippen LogP contribution in [0.2, 0.25) is 5.02 Å². The second-order valence-corrected chi connectivity index (χ2v) is 11.6. The van der Waals surface area contributed by atoms with Crippen molar-refractivity contribution in [3.05, 3.63) is 130 Å². The molecule has 4 aromatic rings. The number of fused-ring (bicyclic) bond motifs is 1. The molecule has 1 aliphatic heterocycles. The highest BCUT2D eigenvalue weighted by Gasteiger charge is 2.45. The van der Waals surface area contributed by atoms with Crippen molar-refractivity contribution in [1.29, 1.82) is 0 Å². The summed E-state index contributed by atoms with van der Waals surface area (Å²) in [5.74, 6) is -1.26. The van der Waals surface area contributed by atoms with Gasteiger partial charge in [0.05, 0.1) is 22.8 Å². The van der Waals surface area contributed by atoms with Gasteiger partial charge < -0.3 is 9.47 Å². The predicted octanol–water partition coefficient (Wildman–Crippen LogP) is 6.47. The Morgan fingerprint density at radius 1 is 1.12 bits per heavy atom. The van der Waals surface area contributed by atoms with Gasteiger partial charge in [0.2, 0.25) is 0 Å². The van der Waals surface area contributed by atoms with Crippen LogP contribution in [0.4, 0.5) is 17.6 Å². The molecule has 0 N–H and O–H groups in total. The van der Waals surface area contributed by atoms with Gasteiger partial charge in [0.1, 0.15) is 18.2 Å². The topological polar surface area (TPSA) is 69.9 Å². The van der Waals surface area contributed by atoms with Crippen LogP contribution in [0.3, 0.4) is 0 Å². The maximum atomic E-state index is 14.3. The van der Waals surface area contributed by atoms with E-state index in [0.717, 1.165) is 15.9 Å². The van der Waals surface area contributed by atoms with Gasteiger partial charge in [0.25, 0.3) is 5.56 Å². The van der Waals surface area contributed by atoms with Crippen LogP contribution in [0.25, 0.3) is 6.08 Å². The van der Waals surface area contributed by atoms with Gasteiger partial charge in [-0.25, -0.2) is 14.2 Å². The normalized spacial score (nSPS) is 15.2. The van der Waals surface area contributed by atoms with Crippen molar-refractivity contribution in [2.24, 2.45) is 4.99 Å². The molecule has 6 nitrogen and oxygen atoms in total. The molecule has 13 heteroatoms. The second kappa shape index (κ2) is 12.5. The van der Waals surface area contributed by atoms with Gasteiger partial charge in [0.15, 0.2) is 10.5 Å². The number of ether oxygens (including phenoxy) is 2. The monoisotopic (exact) mass is 694 g/mol. The summed E-state index contributed by atoms with van der Waals surface area (Å²) >= 11 is 10.2. The summed E-state index contributed by atoms with van der Waals surface area (Å²) in [5.41, 5.74) is -1.56. The standard InChI is InChI=1S/C30H20BrClF4N2O4S/c1-2-41-28(40)24-25(17-5-8-20(32)9-6-17)38-27(39)23(43-29(38)37-26(24)30(34,35)36)14-18-13-19(31)7-12-22(18)42-15-16-3-10-21(33)11-4-16/h3-14,25H,2,15H2,1H3/b23-14-/t25-/m0/s1. The molecule has 222 valence electrons. The van der Waals surface area contributed by atoms with Crippen molar-refractivity contribution in [3.8, 4) is 5.75 Å². The first kappa shape index (κ1) is 30.7. The van der Waals surface area contributed by atoms with Crippen LogP contribution in [0.5, 0.6) is 5.75 Å². The van der Waals surface area contributed by atoms with E-state index in [-0.39, 0.29) is 33.9 Å². The van der Waals surface area contributed by atoms with Crippen LogP contribution in [0.1, 0.15) is 29.7 Å². The molecule has 0 amide bonds. The van der Waals surface area contributed by atoms with Crippen LogP contribution >= 0.6 is 38.9 Å². The van der Waals surface area contributed by atoms with Crippen LogP contribution in [0.15, 0.2) is 92.3 Å². The number of alkyl halides is 3. The number of hydrogen-bond donors (Lipinski definition) is 0. The summed E-state index contributed by atoms with van der Waals surface area (Å²) in [6.07, 6.45) is -3.54. The number of thiazole rings is 1. The Hall–Kier alpha value is -3.74. The van der Waals surface area contributed by atoms with E-state index in [1.54, 1.807) is 30.3 Å². The third kappa shape index (κ3) is 6.61. The van der Waals surface area contributed by atoms with Crippen LogP contribution < -0.4 is 19.6 Å². The van der Waals surface area contributed by atoms with Crippen molar-refractivity contribution >= 4 is 50.9 Å². The molecule has 0 saturated carbocycles. The van der Waals surface area contributed by atoms with Gasteiger partial charge in [-0.1, -0.05) is 63.1 Å². The van der Waals surface area contributed by atoms with Crippen LogP contribution in [0, 0.1) is 5.82 Å². The molecule has 0 spiro atoms. The summed E-state index contributed by atoms with van der Waals surface area (Å²) in [7, 11) is 0. The smallest absolute Gasteiger partial charge is 0.434 e. The average molecular weight is 696 g/mol. The molecule has 3 aromatic carbocycles. The third-order valence-electron chi connectivity index (χ3n) is 6.35. The minimum Gasteiger partial charge on any atom is -0.488 e. The SMILES string of the molecule is CCOC(=O)C1=C(C(F)(F)F)N=c2s/c(=C\c3cc(Br)ccc3OCc3ccc(F)cc3)c(=O)n2[C@H]1c1ccc(Cl)cc1. The summed E-state index contributed by atoms with van der Waals surface area (Å²) in [4.78, 5) is 30.4. The lowest BCUT2D eigenvalue weighted by Gasteiger charge is -2.26. The number of benzene rings is 3. The second-order valence-electron chi connectivity index (χ2n) is 9.21. The zero-order chi connectivity index (χ0) is 30.9. The van der Waals surface area contributed by atoms with E-state index in [4.69, 9.17) is 21.1 Å². The highest BCUT2D eigenvalue weighted by molar-refractivity contribution is 9.10. The van der Waals surface area contributed by atoms with Gasteiger partial charge in [-0.2, -0.15) is 13.2 Å². The Morgan fingerprint density at radius 3 is 2.47 bits per heavy atom. The zero-order valence-corrected chi connectivity index (χ0v) is 25.3. The van der Waals surface area contributed by atoms with E-state index in [0.29, 0.717) is 26.4 Å². The number of rotatable bonds is 7. The van der Waals surface area contributed by atoms with Gasteiger partial charge >= 0.3 is 12.1 Å². The predicted molar refractivity (Wildman–Crippen MR) is 157 cm³/mol. The molecule has 5 rings (SSSR count). The number of nitrogens with zero attached hydrogens (tertiary/aromatic N) is 2. The summed E-state index contributed by atoms with van der Waals surface area (Å²) in [5, 5.41) is 0.316. The lowest BCUT2D eigenvalue weighted by atomic mass is 9.95. The van der Waals surface area contributed by atoms with Gasteiger partial charge in [-0.15, -0.1) is 0 Å². The molecule has 2 heterocycles. The first-order valence-corrected chi connectivity index (χ1v) is 14.7. The first-order chi connectivity index (χ1) is 20.5. The minimum atomic E-state index is -5.02. The van der Waals surface area contributed by atoms with E-state index >= 15 is 0 Å². The summed E-state index contributed by atoms with van der Waals surface area (Å²) in [6.45, 7) is 1.37. The average Bonchev–Trinajstić information content (AvgIpc) is 3.27. The fourth-order valence-electron chi connectivity index (χ4n) is 4.45. The third-order valence-corrected chi connectivity index (χ3v) is 8.07. The number of carbonyl (C=O) groups excluding carboxylic acids is 1. The summed E-state index contributed by atoms with van der Waals surface area (Å²) in [6, 6.07) is 15.1. The molecular weight excluding hydrogens is 676 g/mol. The zero-order valence-electron chi connectivity index (χ0n) is 22.1. The molecule has 0 fully saturated rings. The Bertz CT molecular complexity index is 1900. The number of esters is 1. The lowest BCUT2D eigenvalue weighted by molar-refractivity contribution is -0.140. The van der Waals surface area contributed by atoms with Gasteiger partial charge in [0, 0.05) is 15.1 Å². The molecule has 0 aliphatic carbocycles. The molecule has 1 aliphatic rings. The van der Waals surface area contributed by atoms with Crippen molar-refractivity contribution < 1.29 is 31.8 Å². The van der Waals surface area contributed by atoms with E-state index in [1.807, 2.05) is 0 Å². The van der Waals surface area contributed by atoms with E-state index in [1.165, 1.54) is 49.4 Å². The van der Waals surface area contributed by atoms with Crippen molar-refractivity contribution in [3.63, 3.8) is 0 Å². The highest BCUT2D eigenvalue weighted by atomic mass is 79.9. The lowest BCUT2D eigenvalue weighted by Crippen LogP contribution is -2.41. The molecule has 0 unspecified atom stereocenters. The molecule has 1 aromatic heterocycles. The molecule has 0 radical (unpaired) electrons. The first-order valence-electron chi connectivity index (χ1n) is 12.7. The molecular formula is C30H20BrClF4N2O4S. The van der Waals surface area contributed by atoms with Crippen molar-refractivity contribution in [1.82, 2.24) is 4.57 Å². The molecule has 0 bridgehead atoms.